The summed E-state index contributed by atoms with van der Waals surface area (Å²) >= 11 is 0. The Morgan fingerprint density at radius 3 is 2.38 bits per heavy atom. The van der Waals surface area contributed by atoms with Crippen molar-refractivity contribution in [3.63, 3.8) is 0 Å². The van der Waals surface area contributed by atoms with E-state index in [2.05, 4.69) is 0 Å². The summed E-state index contributed by atoms with van der Waals surface area (Å²) in [5.74, 6) is -1.31. The Balaban J connectivity index is 2.37. The molecule has 2 aromatic rings. The molecule has 4 heteroatoms. The molecule has 0 fully saturated rings. The molecule has 126 valence electrons. The van der Waals surface area contributed by atoms with Crippen LogP contribution in [0.1, 0.15) is 41.0 Å². The topological polar surface area (TPSA) is 29.1 Å². The molecule has 2 rings (SSSR count). The summed E-state index contributed by atoms with van der Waals surface area (Å²) in [6.45, 7) is -2.95. The van der Waals surface area contributed by atoms with E-state index in [1.54, 1.807) is 66.7 Å². The van der Waals surface area contributed by atoms with Crippen LogP contribution in [0.2, 0.25) is 1.41 Å². The minimum absolute atomic E-state index is 0.0340. The number of allylic oxidation sites excluding steroid dienone is 1. The van der Waals surface area contributed by atoms with Gasteiger partial charge in [0, 0.05) is 17.4 Å². The van der Waals surface area contributed by atoms with Crippen molar-refractivity contribution in [2.45, 2.75) is 32.2 Å². The second-order valence-corrected chi connectivity index (χ2v) is 5.29. The van der Waals surface area contributed by atoms with Gasteiger partial charge in [0.1, 0.15) is 0 Å². The van der Waals surface area contributed by atoms with E-state index in [0.29, 0.717) is 22.0 Å². The van der Waals surface area contributed by atoms with Crippen LogP contribution in [0, 0.1) is 0 Å². The largest absolute Gasteiger partial charge is 0.349 e. The number of carbonyl (C=O) groups excluding carboxylic acids is 1. The van der Waals surface area contributed by atoms with E-state index in [-0.39, 0.29) is 6.42 Å². The molecule has 0 aliphatic rings. The van der Waals surface area contributed by atoms with Crippen LogP contribution in [0.5, 0.6) is 0 Å². The van der Waals surface area contributed by atoms with Crippen LogP contribution in [0.3, 0.4) is 0 Å². The number of benzene rings is 2. The lowest BCUT2D eigenvalue weighted by atomic mass is 9.97. The number of nitrogens with one attached hydrogen (secondary N) is 1. The van der Waals surface area contributed by atoms with E-state index in [9.17, 15) is 13.6 Å². The van der Waals surface area contributed by atoms with Gasteiger partial charge in [-0.15, -0.1) is 0 Å². The SMILES string of the molecule is [2H]N(C(=O)C([2H])([2H])[2H])C(C/C=C(\CC(F)F)c1ccccc1)c1ccccc1. The summed E-state index contributed by atoms with van der Waals surface area (Å²) in [6, 6.07) is 16.2. The predicted molar refractivity (Wildman–Crippen MR) is 92.7 cm³/mol. The highest BCUT2D eigenvalue weighted by Crippen LogP contribution is 2.25. The molecule has 0 aliphatic heterocycles. The average Bonchev–Trinajstić information content (AvgIpc) is 2.67. The van der Waals surface area contributed by atoms with Crippen LogP contribution in [0.15, 0.2) is 66.7 Å². The molecule has 0 spiro atoms. The maximum atomic E-state index is 13.0. The van der Waals surface area contributed by atoms with E-state index in [1.165, 1.54) is 0 Å². The van der Waals surface area contributed by atoms with Crippen LogP contribution in [-0.4, -0.2) is 12.3 Å². The third kappa shape index (κ3) is 5.61. The van der Waals surface area contributed by atoms with Crippen molar-refractivity contribution in [2.24, 2.45) is 0 Å². The molecule has 0 saturated carbocycles. The number of carbonyl (C=O) groups is 1. The standard InChI is InChI=1S/C20H21F2NO/c1-15(24)23-19(17-10-6-3-7-11-17)13-12-18(14-20(21)22)16-8-4-2-5-9-16/h2-12,19-20H,13-14H2,1H3,(H,23,24)/b18-12+/i1D3/hD. The lowest BCUT2D eigenvalue weighted by Gasteiger charge is -2.18. The number of hydrogen-bond acceptors (Lipinski definition) is 1. The molecular formula is C20H21F2NO. The van der Waals surface area contributed by atoms with Crippen molar-refractivity contribution >= 4 is 11.5 Å². The molecule has 2 aromatic carbocycles. The van der Waals surface area contributed by atoms with Gasteiger partial charge in [-0.25, -0.2) is 8.78 Å². The lowest BCUT2D eigenvalue weighted by Crippen LogP contribution is -2.25. The quantitative estimate of drug-likeness (QED) is 0.759. The zero-order valence-electron chi connectivity index (χ0n) is 17.0. The number of amides is 1. The average molecular weight is 333 g/mol. The Bertz CT molecular complexity index is 795. The first-order chi connectivity index (χ1) is 13.2. The molecule has 0 radical (unpaired) electrons. The normalized spacial score (nSPS) is 15.9. The van der Waals surface area contributed by atoms with Crippen LogP contribution in [-0.2, 0) is 4.79 Å². The van der Waals surface area contributed by atoms with Gasteiger partial charge in [0.2, 0.25) is 12.3 Å². The molecule has 2 nitrogen and oxygen atoms in total. The molecule has 0 heterocycles. The molecule has 24 heavy (non-hydrogen) atoms. The van der Waals surface area contributed by atoms with Crippen molar-refractivity contribution in [1.82, 2.24) is 5.31 Å². The van der Waals surface area contributed by atoms with E-state index in [1.807, 2.05) is 0 Å². The van der Waals surface area contributed by atoms with E-state index in [0.717, 1.165) is 0 Å². The Hall–Kier alpha value is -2.49. The fourth-order valence-electron chi connectivity index (χ4n) is 2.47. The molecule has 0 aliphatic carbocycles. The van der Waals surface area contributed by atoms with E-state index < -0.39 is 31.6 Å². The Morgan fingerprint density at radius 2 is 1.79 bits per heavy atom. The first-order valence-electron chi connectivity index (χ1n) is 9.55. The summed E-state index contributed by atoms with van der Waals surface area (Å²) in [5.41, 5.74) is 1.55. The fraction of sp³-hybridized carbons (Fsp3) is 0.250. The van der Waals surface area contributed by atoms with E-state index in [4.69, 9.17) is 5.52 Å². The Labute approximate surface area is 146 Å². The minimum Gasteiger partial charge on any atom is -0.349 e. The number of alkyl halides is 2. The Kier molecular flexibility index (Phi) is 4.81. The van der Waals surface area contributed by atoms with Crippen molar-refractivity contribution < 1.29 is 19.1 Å². The van der Waals surface area contributed by atoms with Gasteiger partial charge in [0.05, 0.1) is 6.04 Å². The predicted octanol–water partition coefficient (Wildman–Crippen LogP) is 4.99. The first kappa shape index (κ1) is 12.9. The van der Waals surface area contributed by atoms with Gasteiger partial charge < -0.3 is 5.31 Å². The number of rotatable bonds is 7. The van der Waals surface area contributed by atoms with Gasteiger partial charge in [-0.3, -0.25) is 4.79 Å². The van der Waals surface area contributed by atoms with Gasteiger partial charge in [-0.1, -0.05) is 66.7 Å². The second-order valence-electron chi connectivity index (χ2n) is 5.29. The van der Waals surface area contributed by atoms with Crippen molar-refractivity contribution in [2.75, 3.05) is 0 Å². The molecular weight excluding hydrogens is 308 g/mol. The fourth-order valence-corrected chi connectivity index (χ4v) is 2.47. The van der Waals surface area contributed by atoms with Crippen molar-refractivity contribution in [3.05, 3.63) is 77.9 Å². The number of hydrogen-bond donors (Lipinski definition) is 1. The molecule has 1 amide bonds. The van der Waals surface area contributed by atoms with Gasteiger partial charge in [-0.2, -0.15) is 0 Å². The van der Waals surface area contributed by atoms with Crippen LogP contribution >= 0.6 is 0 Å². The van der Waals surface area contributed by atoms with Crippen LogP contribution < -0.4 is 5.31 Å². The highest BCUT2D eigenvalue weighted by molar-refractivity contribution is 5.73. The highest BCUT2D eigenvalue weighted by Gasteiger charge is 2.14. The lowest BCUT2D eigenvalue weighted by molar-refractivity contribution is -0.119. The molecule has 1 unspecified atom stereocenters. The maximum absolute atomic E-state index is 13.0. The third-order valence-corrected chi connectivity index (χ3v) is 3.56. The van der Waals surface area contributed by atoms with Crippen LogP contribution in [0.25, 0.3) is 5.57 Å². The summed E-state index contributed by atoms with van der Waals surface area (Å²) in [7, 11) is 0. The molecule has 1 N–H and O–H groups in total. The van der Waals surface area contributed by atoms with Crippen LogP contribution in [0.4, 0.5) is 8.78 Å². The second kappa shape index (κ2) is 8.96. The number of halogens is 2. The maximum Gasteiger partial charge on any atom is 0.242 e. The summed E-state index contributed by atoms with van der Waals surface area (Å²) in [4.78, 5) is 12.1. The van der Waals surface area contributed by atoms with Gasteiger partial charge in [0.25, 0.3) is 0 Å². The zero-order valence-corrected chi connectivity index (χ0v) is 13.0. The molecule has 0 aromatic heterocycles. The summed E-state index contributed by atoms with van der Waals surface area (Å²) in [6.07, 6.45) is -1.45. The third-order valence-electron chi connectivity index (χ3n) is 3.56. The van der Waals surface area contributed by atoms with Crippen molar-refractivity contribution in [3.8, 4) is 0 Å². The summed E-state index contributed by atoms with van der Waals surface area (Å²) < 4.78 is 56.0. The van der Waals surface area contributed by atoms with Gasteiger partial charge >= 0.3 is 0 Å². The molecule has 0 saturated heterocycles. The van der Waals surface area contributed by atoms with Gasteiger partial charge in [0.15, 0.2) is 1.41 Å². The highest BCUT2D eigenvalue weighted by atomic mass is 19.3. The van der Waals surface area contributed by atoms with E-state index >= 15 is 0 Å². The van der Waals surface area contributed by atoms with Gasteiger partial charge in [-0.05, 0) is 23.1 Å². The van der Waals surface area contributed by atoms with Crippen molar-refractivity contribution in [1.29, 1.82) is 0 Å². The molecule has 0 bridgehead atoms. The monoisotopic (exact) mass is 333 g/mol. The first-order valence-corrected chi connectivity index (χ1v) is 7.60. The zero-order chi connectivity index (χ0) is 20.7. The Morgan fingerprint density at radius 1 is 1.17 bits per heavy atom. The molecule has 1 atom stereocenters. The smallest absolute Gasteiger partial charge is 0.242 e. The minimum atomic E-state index is -2.95. The summed E-state index contributed by atoms with van der Waals surface area (Å²) in [5, 5.41) is 0.420.